The third-order valence-electron chi connectivity index (χ3n) is 5.80. The van der Waals surface area contributed by atoms with Gasteiger partial charge < -0.3 is 14.7 Å². The summed E-state index contributed by atoms with van der Waals surface area (Å²) in [6.45, 7) is 7.96. The van der Waals surface area contributed by atoms with Crippen molar-refractivity contribution in [2.45, 2.75) is 26.3 Å². The highest BCUT2D eigenvalue weighted by Gasteiger charge is 2.44. The molecule has 0 bridgehead atoms. The molecule has 0 unspecified atom stereocenters. The Bertz CT molecular complexity index is 1060. The molecular formula is C23H26ClN3O4S. The second-order valence-corrected chi connectivity index (χ2v) is 9.64. The Hall–Kier alpha value is -2.26. The van der Waals surface area contributed by atoms with E-state index in [2.05, 4.69) is 9.88 Å². The summed E-state index contributed by atoms with van der Waals surface area (Å²) in [6, 6.07) is 6.40. The van der Waals surface area contributed by atoms with Crippen LogP contribution in [0, 0.1) is 13.8 Å². The molecular weight excluding hydrogens is 450 g/mol. The van der Waals surface area contributed by atoms with E-state index in [1.54, 1.807) is 30.0 Å². The van der Waals surface area contributed by atoms with Crippen molar-refractivity contribution in [2.75, 3.05) is 39.4 Å². The summed E-state index contributed by atoms with van der Waals surface area (Å²) < 4.78 is 5.39. The maximum atomic E-state index is 13.5. The van der Waals surface area contributed by atoms with Crippen LogP contribution in [0.2, 0.25) is 5.02 Å². The van der Waals surface area contributed by atoms with Gasteiger partial charge in [0, 0.05) is 31.2 Å². The van der Waals surface area contributed by atoms with Gasteiger partial charge >= 0.3 is 0 Å². The number of carbonyl (C=O) groups excluding carboxylic acids is 2. The lowest BCUT2D eigenvalue weighted by atomic mass is 9.95. The number of halogens is 1. The van der Waals surface area contributed by atoms with Crippen LogP contribution in [0.5, 0.6) is 0 Å². The van der Waals surface area contributed by atoms with Crippen molar-refractivity contribution in [3.63, 3.8) is 0 Å². The van der Waals surface area contributed by atoms with Gasteiger partial charge in [-0.1, -0.05) is 23.7 Å². The minimum atomic E-state index is -0.694. The van der Waals surface area contributed by atoms with Gasteiger partial charge in [-0.05, 0) is 38.0 Å². The maximum absolute atomic E-state index is 13.5. The molecule has 7 nitrogen and oxygen atoms in total. The van der Waals surface area contributed by atoms with Crippen molar-refractivity contribution >= 4 is 34.6 Å². The van der Waals surface area contributed by atoms with Crippen LogP contribution in [0.3, 0.4) is 0 Å². The topological polar surface area (TPSA) is 83.0 Å². The molecule has 0 spiro atoms. The average Bonchev–Trinajstić information content (AvgIpc) is 3.24. The molecule has 1 saturated heterocycles. The number of aryl methyl sites for hydroxylation is 2. The van der Waals surface area contributed by atoms with Crippen molar-refractivity contribution < 1.29 is 19.4 Å². The largest absolute Gasteiger partial charge is 0.503 e. The summed E-state index contributed by atoms with van der Waals surface area (Å²) in [4.78, 5) is 35.2. The Balaban J connectivity index is 1.64. The molecule has 0 saturated carbocycles. The van der Waals surface area contributed by atoms with Gasteiger partial charge in [-0.2, -0.15) is 0 Å². The molecule has 1 fully saturated rings. The predicted octanol–water partition coefficient (Wildman–Crippen LogP) is 3.71. The predicted molar refractivity (Wildman–Crippen MR) is 123 cm³/mol. The molecule has 0 aliphatic carbocycles. The summed E-state index contributed by atoms with van der Waals surface area (Å²) >= 11 is 7.50. The zero-order chi connectivity index (χ0) is 22.8. The number of nitrogens with zero attached hydrogens (tertiary/aromatic N) is 3. The van der Waals surface area contributed by atoms with Crippen LogP contribution in [0.1, 0.15) is 38.4 Å². The minimum Gasteiger partial charge on any atom is -0.503 e. The number of amides is 1. The number of ether oxygens (including phenoxy) is 1. The van der Waals surface area contributed by atoms with Gasteiger partial charge in [0.15, 0.2) is 5.76 Å². The lowest BCUT2D eigenvalue weighted by molar-refractivity contribution is -0.129. The van der Waals surface area contributed by atoms with E-state index in [4.69, 9.17) is 16.3 Å². The first-order valence-electron chi connectivity index (χ1n) is 10.6. The molecule has 1 N–H and O–H groups in total. The van der Waals surface area contributed by atoms with E-state index in [0.717, 1.165) is 31.1 Å². The number of ketones is 1. The molecule has 9 heteroatoms. The summed E-state index contributed by atoms with van der Waals surface area (Å²) in [5, 5.41) is 12.1. The van der Waals surface area contributed by atoms with Crippen LogP contribution in [0.15, 0.2) is 35.6 Å². The summed E-state index contributed by atoms with van der Waals surface area (Å²) in [7, 11) is 0. The normalized spacial score (nSPS) is 19.8. The van der Waals surface area contributed by atoms with E-state index in [-0.39, 0.29) is 11.4 Å². The highest BCUT2D eigenvalue weighted by Crippen LogP contribution is 2.40. The number of aromatic nitrogens is 1. The van der Waals surface area contributed by atoms with Crippen molar-refractivity contribution in [3.05, 3.63) is 61.8 Å². The molecule has 1 amide bonds. The fraction of sp³-hybridized carbons (Fsp3) is 0.435. The van der Waals surface area contributed by atoms with Crippen LogP contribution in [0.4, 0.5) is 0 Å². The third-order valence-corrected chi connectivity index (χ3v) is 7.11. The quantitative estimate of drug-likeness (QED) is 0.614. The molecule has 4 rings (SSSR count). The molecule has 2 aliphatic heterocycles. The molecule has 1 atom stereocenters. The number of rotatable bonds is 7. The van der Waals surface area contributed by atoms with E-state index in [0.29, 0.717) is 40.9 Å². The minimum absolute atomic E-state index is 0.0930. The first kappa shape index (κ1) is 22.9. The average molecular weight is 476 g/mol. The fourth-order valence-electron chi connectivity index (χ4n) is 4.29. The van der Waals surface area contributed by atoms with E-state index in [1.165, 1.54) is 11.3 Å². The zero-order valence-corrected chi connectivity index (χ0v) is 19.7. The van der Waals surface area contributed by atoms with Gasteiger partial charge in [0.25, 0.3) is 5.91 Å². The Morgan fingerprint density at radius 3 is 2.69 bits per heavy atom. The summed E-state index contributed by atoms with van der Waals surface area (Å²) in [5.74, 6) is -1.38. The van der Waals surface area contributed by atoms with Gasteiger partial charge in [0.2, 0.25) is 5.78 Å². The van der Waals surface area contributed by atoms with Crippen LogP contribution in [0.25, 0.3) is 0 Å². The highest BCUT2D eigenvalue weighted by molar-refractivity contribution is 7.14. The monoisotopic (exact) mass is 475 g/mol. The number of aliphatic hydroxyl groups excluding tert-OH is 1. The van der Waals surface area contributed by atoms with E-state index < -0.39 is 17.7 Å². The molecule has 1 aromatic heterocycles. The molecule has 0 radical (unpaired) electrons. The Labute approximate surface area is 196 Å². The van der Waals surface area contributed by atoms with Gasteiger partial charge in [-0.15, -0.1) is 11.3 Å². The van der Waals surface area contributed by atoms with Crippen LogP contribution in [-0.4, -0.2) is 71.0 Å². The summed E-state index contributed by atoms with van der Waals surface area (Å²) in [5.41, 5.74) is 1.39. The first-order valence-corrected chi connectivity index (χ1v) is 11.8. The Morgan fingerprint density at radius 1 is 1.28 bits per heavy atom. The zero-order valence-electron chi connectivity index (χ0n) is 18.1. The van der Waals surface area contributed by atoms with Crippen molar-refractivity contribution in [1.82, 2.24) is 14.8 Å². The van der Waals surface area contributed by atoms with Gasteiger partial charge in [0.05, 0.1) is 40.4 Å². The Morgan fingerprint density at radius 2 is 2.03 bits per heavy atom. The first-order chi connectivity index (χ1) is 15.4. The maximum Gasteiger partial charge on any atom is 0.290 e. The van der Waals surface area contributed by atoms with Gasteiger partial charge in [-0.25, -0.2) is 4.98 Å². The Kier molecular flexibility index (Phi) is 6.95. The second-order valence-electron chi connectivity index (χ2n) is 8.00. The van der Waals surface area contributed by atoms with E-state index in [9.17, 15) is 14.7 Å². The van der Waals surface area contributed by atoms with Gasteiger partial charge in [0.1, 0.15) is 0 Å². The van der Waals surface area contributed by atoms with E-state index >= 15 is 0 Å². The molecule has 3 heterocycles. The number of carbonyl (C=O) groups is 2. The lowest BCUT2D eigenvalue weighted by Crippen LogP contribution is -2.39. The number of morpholine rings is 1. The van der Waals surface area contributed by atoms with Crippen LogP contribution in [-0.2, 0) is 9.53 Å². The smallest absolute Gasteiger partial charge is 0.290 e. The van der Waals surface area contributed by atoms with Crippen molar-refractivity contribution in [3.8, 4) is 0 Å². The molecule has 2 aromatic rings. The number of Topliss-reactive ketones (excluding diaryl/α,β-unsaturated/α-hetero) is 1. The van der Waals surface area contributed by atoms with Crippen molar-refractivity contribution in [2.24, 2.45) is 0 Å². The van der Waals surface area contributed by atoms with E-state index in [1.807, 2.05) is 13.0 Å². The molecule has 2 aliphatic rings. The summed E-state index contributed by atoms with van der Waals surface area (Å²) in [6.07, 6.45) is 0.719. The molecule has 170 valence electrons. The number of thiazole rings is 1. The van der Waals surface area contributed by atoms with Crippen LogP contribution >= 0.6 is 22.9 Å². The van der Waals surface area contributed by atoms with Gasteiger partial charge in [-0.3, -0.25) is 14.5 Å². The number of hydrogen-bond acceptors (Lipinski definition) is 7. The third kappa shape index (κ3) is 4.59. The SMILES string of the molecule is Cc1nc(C)c(C(=O)C2=C(O)C(=O)N(CCCN3CCOCC3)[C@H]2c2cccc(Cl)c2)s1. The molecule has 32 heavy (non-hydrogen) atoms. The number of aliphatic hydroxyl groups is 1. The highest BCUT2D eigenvalue weighted by atomic mass is 35.5. The van der Waals surface area contributed by atoms with Crippen molar-refractivity contribution in [1.29, 1.82) is 0 Å². The number of benzene rings is 1. The molecule has 1 aromatic carbocycles. The van der Waals surface area contributed by atoms with Crippen LogP contribution < -0.4 is 0 Å². The second kappa shape index (κ2) is 9.70. The number of hydrogen-bond donors (Lipinski definition) is 1. The fourth-order valence-corrected chi connectivity index (χ4v) is 5.37. The standard InChI is InChI=1S/C23H26ClN3O4S/c1-14-22(32-15(2)25-14)20(28)18-19(16-5-3-6-17(24)13-16)27(23(30)21(18)29)8-4-7-26-9-11-31-12-10-26/h3,5-6,13,19,29H,4,7-12H2,1-2H3/t19-/m0/s1. The lowest BCUT2D eigenvalue weighted by Gasteiger charge is -2.30.